The van der Waals surface area contributed by atoms with Crippen LogP contribution in [0.2, 0.25) is 5.02 Å². The quantitative estimate of drug-likeness (QED) is 0.714. The molecule has 0 saturated carbocycles. The number of nitrogens with zero attached hydrogens (tertiary/aromatic N) is 1. The molecular weight excluding hydrogens is 360 g/mol. The smallest absolute Gasteiger partial charge is 0.258 e. The van der Waals surface area contributed by atoms with Gasteiger partial charge in [-0.25, -0.2) is 0 Å². The first kappa shape index (κ1) is 17.3. The van der Waals surface area contributed by atoms with Gasteiger partial charge >= 0.3 is 0 Å². The maximum absolute atomic E-state index is 12.8. The Morgan fingerprint density at radius 2 is 1.52 bits per heavy atom. The number of anilines is 2. The standard InChI is InChI=1S/C22H17ClN2O2/c23-18-6-2-3-7-19(18)24-21(26)16-9-11-17(12-10-16)22(27)25-14-13-15-5-1-4-8-20(15)25/h1-12H,13-14H2,(H,24,26). The Bertz CT molecular complexity index is 1010. The van der Waals surface area contributed by atoms with Crippen LogP contribution in [0.1, 0.15) is 26.3 Å². The molecule has 2 amide bonds. The summed E-state index contributed by atoms with van der Waals surface area (Å²) in [7, 11) is 0. The van der Waals surface area contributed by atoms with Gasteiger partial charge in [0.05, 0.1) is 10.7 Å². The van der Waals surface area contributed by atoms with E-state index >= 15 is 0 Å². The summed E-state index contributed by atoms with van der Waals surface area (Å²) < 4.78 is 0. The molecule has 5 heteroatoms. The summed E-state index contributed by atoms with van der Waals surface area (Å²) in [5, 5.41) is 3.25. The van der Waals surface area contributed by atoms with Crippen LogP contribution in [-0.2, 0) is 6.42 Å². The lowest BCUT2D eigenvalue weighted by molar-refractivity contribution is 0.0986. The largest absolute Gasteiger partial charge is 0.321 e. The van der Waals surface area contributed by atoms with E-state index in [-0.39, 0.29) is 11.8 Å². The van der Waals surface area contributed by atoms with Crippen molar-refractivity contribution in [2.45, 2.75) is 6.42 Å². The minimum absolute atomic E-state index is 0.0574. The molecule has 0 aliphatic carbocycles. The molecular formula is C22H17ClN2O2. The number of rotatable bonds is 3. The molecule has 1 N–H and O–H groups in total. The summed E-state index contributed by atoms with van der Waals surface area (Å²) in [4.78, 5) is 27.0. The van der Waals surface area contributed by atoms with Crippen molar-refractivity contribution in [2.75, 3.05) is 16.8 Å². The van der Waals surface area contributed by atoms with Crippen molar-refractivity contribution in [1.82, 2.24) is 0 Å². The van der Waals surface area contributed by atoms with E-state index in [1.54, 1.807) is 53.4 Å². The third-order valence-corrected chi connectivity index (χ3v) is 4.98. The second-order valence-electron chi connectivity index (χ2n) is 6.35. The van der Waals surface area contributed by atoms with Gasteiger partial charge in [0.2, 0.25) is 0 Å². The molecule has 0 fully saturated rings. The van der Waals surface area contributed by atoms with Crippen LogP contribution in [0.15, 0.2) is 72.8 Å². The summed E-state index contributed by atoms with van der Waals surface area (Å²) in [6, 6.07) is 21.7. The van der Waals surface area contributed by atoms with E-state index < -0.39 is 0 Å². The molecule has 0 spiro atoms. The van der Waals surface area contributed by atoms with Crippen molar-refractivity contribution in [3.05, 3.63) is 94.5 Å². The van der Waals surface area contributed by atoms with Gasteiger partial charge in [0.15, 0.2) is 0 Å². The first-order valence-corrected chi connectivity index (χ1v) is 9.07. The van der Waals surface area contributed by atoms with Crippen molar-refractivity contribution in [1.29, 1.82) is 0 Å². The number of carbonyl (C=O) groups excluding carboxylic acids is 2. The number of para-hydroxylation sites is 2. The first-order valence-electron chi connectivity index (χ1n) is 8.69. The molecule has 3 aromatic carbocycles. The summed E-state index contributed by atoms with van der Waals surface area (Å²) in [5.41, 5.74) is 3.72. The van der Waals surface area contributed by atoms with Crippen LogP contribution >= 0.6 is 11.6 Å². The predicted molar refractivity (Wildman–Crippen MR) is 108 cm³/mol. The lowest BCUT2D eigenvalue weighted by Crippen LogP contribution is -2.28. The highest BCUT2D eigenvalue weighted by molar-refractivity contribution is 6.33. The van der Waals surface area contributed by atoms with Crippen LogP contribution in [0.3, 0.4) is 0 Å². The lowest BCUT2D eigenvalue weighted by atomic mass is 10.1. The third-order valence-electron chi connectivity index (χ3n) is 4.65. The van der Waals surface area contributed by atoms with Crippen molar-refractivity contribution in [2.24, 2.45) is 0 Å². The van der Waals surface area contributed by atoms with Crippen molar-refractivity contribution < 1.29 is 9.59 Å². The molecule has 1 heterocycles. The van der Waals surface area contributed by atoms with Crippen LogP contribution in [0.5, 0.6) is 0 Å². The zero-order valence-electron chi connectivity index (χ0n) is 14.5. The van der Waals surface area contributed by atoms with Gasteiger partial charge in [-0.1, -0.05) is 41.9 Å². The van der Waals surface area contributed by atoms with Crippen LogP contribution in [-0.4, -0.2) is 18.4 Å². The van der Waals surface area contributed by atoms with Crippen LogP contribution in [0, 0.1) is 0 Å². The van der Waals surface area contributed by atoms with E-state index in [2.05, 4.69) is 5.32 Å². The Morgan fingerprint density at radius 3 is 2.30 bits per heavy atom. The fraction of sp³-hybridized carbons (Fsp3) is 0.0909. The highest BCUT2D eigenvalue weighted by atomic mass is 35.5. The number of hydrogen-bond acceptors (Lipinski definition) is 2. The van der Waals surface area contributed by atoms with Crippen molar-refractivity contribution >= 4 is 34.8 Å². The van der Waals surface area contributed by atoms with E-state index in [1.807, 2.05) is 24.3 Å². The highest BCUT2D eigenvalue weighted by Gasteiger charge is 2.25. The molecule has 134 valence electrons. The number of fused-ring (bicyclic) bond motifs is 1. The molecule has 0 aromatic heterocycles. The van der Waals surface area contributed by atoms with Gasteiger partial charge < -0.3 is 10.2 Å². The number of nitrogens with one attached hydrogen (secondary N) is 1. The topological polar surface area (TPSA) is 49.4 Å². The fourth-order valence-electron chi connectivity index (χ4n) is 3.23. The van der Waals surface area contributed by atoms with Crippen molar-refractivity contribution in [3.8, 4) is 0 Å². The van der Waals surface area contributed by atoms with E-state index in [1.165, 1.54) is 5.56 Å². The molecule has 0 bridgehead atoms. The molecule has 4 rings (SSSR count). The molecule has 0 unspecified atom stereocenters. The normalized spacial score (nSPS) is 12.6. The molecule has 1 aliphatic heterocycles. The van der Waals surface area contributed by atoms with Gasteiger partial charge in [-0.3, -0.25) is 9.59 Å². The summed E-state index contributed by atoms with van der Waals surface area (Å²) in [6.07, 6.45) is 0.861. The second kappa shape index (κ2) is 7.25. The number of hydrogen-bond donors (Lipinski definition) is 1. The molecule has 0 saturated heterocycles. The maximum Gasteiger partial charge on any atom is 0.258 e. The van der Waals surface area contributed by atoms with Crippen molar-refractivity contribution in [3.63, 3.8) is 0 Å². The first-order chi connectivity index (χ1) is 13.1. The molecule has 27 heavy (non-hydrogen) atoms. The average molecular weight is 377 g/mol. The second-order valence-corrected chi connectivity index (χ2v) is 6.75. The molecule has 1 aliphatic rings. The Morgan fingerprint density at radius 1 is 0.852 bits per heavy atom. The van der Waals surface area contributed by atoms with Gasteiger partial charge in [-0.15, -0.1) is 0 Å². The Hall–Kier alpha value is -3.11. The van der Waals surface area contributed by atoms with E-state index in [9.17, 15) is 9.59 Å². The molecule has 4 nitrogen and oxygen atoms in total. The SMILES string of the molecule is O=C(Nc1ccccc1Cl)c1ccc(C(=O)N2CCc3ccccc32)cc1. The summed E-state index contributed by atoms with van der Waals surface area (Å²) in [6.45, 7) is 0.674. The summed E-state index contributed by atoms with van der Waals surface area (Å²) in [5.74, 6) is -0.327. The van der Waals surface area contributed by atoms with Gasteiger partial charge in [0.1, 0.15) is 0 Å². The zero-order chi connectivity index (χ0) is 18.8. The molecule has 0 radical (unpaired) electrons. The summed E-state index contributed by atoms with van der Waals surface area (Å²) >= 11 is 6.07. The number of halogens is 1. The Kier molecular flexibility index (Phi) is 4.65. The minimum Gasteiger partial charge on any atom is -0.321 e. The van der Waals surface area contributed by atoms with Gasteiger partial charge in [-0.2, -0.15) is 0 Å². The number of amides is 2. The van der Waals surface area contributed by atoms with Crippen LogP contribution in [0.25, 0.3) is 0 Å². The van der Waals surface area contributed by atoms with E-state index in [4.69, 9.17) is 11.6 Å². The van der Waals surface area contributed by atoms with Gasteiger partial charge in [-0.05, 0) is 54.4 Å². The molecule has 3 aromatic rings. The van der Waals surface area contributed by atoms with Gasteiger partial charge in [0, 0.05) is 23.4 Å². The van der Waals surface area contributed by atoms with E-state index in [0.29, 0.717) is 28.4 Å². The average Bonchev–Trinajstić information content (AvgIpc) is 3.13. The Balaban J connectivity index is 1.50. The number of benzene rings is 3. The van der Waals surface area contributed by atoms with Crippen LogP contribution < -0.4 is 10.2 Å². The third kappa shape index (κ3) is 3.44. The van der Waals surface area contributed by atoms with Crippen LogP contribution in [0.4, 0.5) is 11.4 Å². The zero-order valence-corrected chi connectivity index (χ0v) is 15.2. The van der Waals surface area contributed by atoms with Gasteiger partial charge in [0.25, 0.3) is 11.8 Å². The maximum atomic E-state index is 12.8. The Labute approximate surface area is 162 Å². The molecule has 0 atom stereocenters. The number of carbonyl (C=O) groups is 2. The predicted octanol–water partition coefficient (Wildman–Crippen LogP) is 4.80. The monoisotopic (exact) mass is 376 g/mol. The fourth-order valence-corrected chi connectivity index (χ4v) is 3.41. The highest BCUT2D eigenvalue weighted by Crippen LogP contribution is 2.29. The minimum atomic E-state index is -0.270. The van der Waals surface area contributed by atoms with E-state index in [0.717, 1.165) is 12.1 Å². The lowest BCUT2D eigenvalue weighted by Gasteiger charge is -2.17.